The first-order valence-corrected chi connectivity index (χ1v) is 7.48. The Kier molecular flexibility index (Phi) is 4.06. The minimum Gasteiger partial charge on any atom is -0.492 e. The summed E-state index contributed by atoms with van der Waals surface area (Å²) in [5.41, 5.74) is 1.67. The van der Waals surface area contributed by atoms with Gasteiger partial charge in [0, 0.05) is 21.6 Å². The van der Waals surface area contributed by atoms with E-state index in [-0.39, 0.29) is 0 Å². The molecule has 21 heavy (non-hydrogen) atoms. The van der Waals surface area contributed by atoms with Gasteiger partial charge in [-0.05, 0) is 36.4 Å². The van der Waals surface area contributed by atoms with E-state index in [4.69, 9.17) is 4.74 Å². The van der Waals surface area contributed by atoms with Crippen molar-refractivity contribution in [1.82, 2.24) is 4.57 Å². The van der Waals surface area contributed by atoms with Crippen LogP contribution in [0, 0.1) is 0 Å². The topological polar surface area (TPSA) is 31.2 Å². The van der Waals surface area contributed by atoms with E-state index >= 15 is 0 Å². The average molecular weight is 344 g/mol. The highest BCUT2D eigenvalue weighted by Crippen LogP contribution is 2.20. The van der Waals surface area contributed by atoms with Crippen LogP contribution in [0.3, 0.4) is 0 Å². The lowest BCUT2D eigenvalue weighted by Gasteiger charge is -2.09. The molecule has 3 rings (SSSR count). The van der Waals surface area contributed by atoms with Crippen LogP contribution in [0.2, 0.25) is 0 Å². The SMILES string of the molecule is O=Cc1cccc2ccn(CCOc3ccc(Br)cc3)c12. The summed E-state index contributed by atoms with van der Waals surface area (Å²) >= 11 is 3.40. The van der Waals surface area contributed by atoms with Gasteiger partial charge in [-0.15, -0.1) is 0 Å². The van der Waals surface area contributed by atoms with Gasteiger partial charge < -0.3 is 9.30 Å². The molecule has 1 aromatic heterocycles. The van der Waals surface area contributed by atoms with Crippen LogP contribution >= 0.6 is 15.9 Å². The maximum absolute atomic E-state index is 11.1. The van der Waals surface area contributed by atoms with E-state index in [1.807, 2.05) is 54.7 Å². The predicted octanol–water partition coefficient (Wildman–Crippen LogP) is 4.30. The Morgan fingerprint density at radius 1 is 1.10 bits per heavy atom. The van der Waals surface area contributed by atoms with Gasteiger partial charge >= 0.3 is 0 Å². The fourth-order valence-corrected chi connectivity index (χ4v) is 2.63. The molecule has 0 atom stereocenters. The van der Waals surface area contributed by atoms with E-state index in [9.17, 15) is 4.79 Å². The monoisotopic (exact) mass is 343 g/mol. The largest absolute Gasteiger partial charge is 0.492 e. The molecule has 0 saturated heterocycles. The molecule has 1 heterocycles. The molecule has 0 aliphatic rings. The zero-order valence-corrected chi connectivity index (χ0v) is 12.9. The number of benzene rings is 2. The Balaban J connectivity index is 1.73. The number of nitrogens with zero attached hydrogens (tertiary/aromatic N) is 1. The number of ether oxygens (including phenoxy) is 1. The van der Waals surface area contributed by atoms with Gasteiger partial charge in [0.1, 0.15) is 12.4 Å². The molecule has 3 aromatic rings. The molecule has 0 fully saturated rings. The first-order chi connectivity index (χ1) is 10.3. The van der Waals surface area contributed by atoms with E-state index in [1.54, 1.807) is 0 Å². The Labute approximate surface area is 131 Å². The van der Waals surface area contributed by atoms with Gasteiger partial charge in [-0.25, -0.2) is 0 Å². The first-order valence-electron chi connectivity index (χ1n) is 6.69. The molecular weight excluding hydrogens is 330 g/mol. The van der Waals surface area contributed by atoms with Gasteiger partial charge in [-0.2, -0.15) is 0 Å². The van der Waals surface area contributed by atoms with Crippen molar-refractivity contribution < 1.29 is 9.53 Å². The summed E-state index contributed by atoms with van der Waals surface area (Å²) in [4.78, 5) is 11.1. The molecule has 0 amide bonds. The Morgan fingerprint density at radius 3 is 2.67 bits per heavy atom. The molecule has 0 N–H and O–H groups in total. The van der Waals surface area contributed by atoms with Crippen molar-refractivity contribution in [2.24, 2.45) is 0 Å². The maximum Gasteiger partial charge on any atom is 0.152 e. The Morgan fingerprint density at radius 2 is 1.90 bits per heavy atom. The molecular formula is C17H14BrNO2. The summed E-state index contributed by atoms with van der Waals surface area (Å²) in [6.07, 6.45) is 2.89. The first kappa shape index (κ1) is 13.9. The number of aldehydes is 1. The van der Waals surface area contributed by atoms with Gasteiger partial charge in [0.2, 0.25) is 0 Å². The molecule has 0 aliphatic heterocycles. The maximum atomic E-state index is 11.1. The number of aromatic nitrogens is 1. The third kappa shape index (κ3) is 3.00. The van der Waals surface area contributed by atoms with Gasteiger partial charge in [0.15, 0.2) is 6.29 Å². The van der Waals surface area contributed by atoms with Crippen LogP contribution in [-0.2, 0) is 6.54 Å². The van der Waals surface area contributed by atoms with Crippen LogP contribution in [0.25, 0.3) is 10.9 Å². The summed E-state index contributed by atoms with van der Waals surface area (Å²) in [5, 5.41) is 1.07. The molecule has 0 aliphatic carbocycles. The lowest BCUT2D eigenvalue weighted by Crippen LogP contribution is -2.08. The van der Waals surface area contributed by atoms with Crippen LogP contribution in [0.15, 0.2) is 59.2 Å². The second-order valence-corrected chi connectivity index (χ2v) is 5.63. The van der Waals surface area contributed by atoms with Crippen molar-refractivity contribution in [3.05, 3.63) is 64.8 Å². The number of fused-ring (bicyclic) bond motifs is 1. The van der Waals surface area contributed by atoms with Gasteiger partial charge in [-0.3, -0.25) is 4.79 Å². The van der Waals surface area contributed by atoms with Crippen molar-refractivity contribution >= 4 is 33.1 Å². The van der Waals surface area contributed by atoms with Crippen molar-refractivity contribution in [2.75, 3.05) is 6.61 Å². The second kappa shape index (κ2) is 6.14. The summed E-state index contributed by atoms with van der Waals surface area (Å²) in [6, 6.07) is 15.5. The molecule has 0 unspecified atom stereocenters. The number of carbonyl (C=O) groups is 1. The summed E-state index contributed by atoms with van der Waals surface area (Å²) in [5.74, 6) is 0.838. The summed E-state index contributed by atoms with van der Waals surface area (Å²) in [6.45, 7) is 1.25. The molecule has 106 valence electrons. The molecule has 0 saturated carbocycles. The number of halogens is 1. The van der Waals surface area contributed by atoms with Gasteiger partial charge in [0.05, 0.1) is 12.1 Å². The molecule has 3 nitrogen and oxygen atoms in total. The fraction of sp³-hybridized carbons (Fsp3) is 0.118. The van der Waals surface area contributed by atoms with Crippen molar-refractivity contribution in [2.45, 2.75) is 6.54 Å². The van der Waals surface area contributed by atoms with Crippen molar-refractivity contribution in [3.63, 3.8) is 0 Å². The highest BCUT2D eigenvalue weighted by Gasteiger charge is 2.05. The van der Waals surface area contributed by atoms with Crippen molar-refractivity contribution in [1.29, 1.82) is 0 Å². The van der Waals surface area contributed by atoms with E-state index < -0.39 is 0 Å². The highest BCUT2D eigenvalue weighted by molar-refractivity contribution is 9.10. The Hall–Kier alpha value is -2.07. The lowest BCUT2D eigenvalue weighted by atomic mass is 10.1. The van der Waals surface area contributed by atoms with Crippen LogP contribution in [0.4, 0.5) is 0 Å². The standard InChI is InChI=1S/C17H14BrNO2/c18-15-4-6-16(7-5-15)21-11-10-19-9-8-13-2-1-3-14(12-20)17(13)19/h1-9,12H,10-11H2. The zero-order valence-electron chi connectivity index (χ0n) is 11.3. The minimum absolute atomic E-state index is 0.554. The predicted molar refractivity (Wildman–Crippen MR) is 87.0 cm³/mol. The number of para-hydroxylation sites is 1. The number of rotatable bonds is 5. The summed E-state index contributed by atoms with van der Waals surface area (Å²) in [7, 11) is 0. The molecule has 0 bridgehead atoms. The average Bonchev–Trinajstić information content (AvgIpc) is 2.93. The smallest absolute Gasteiger partial charge is 0.152 e. The van der Waals surface area contributed by atoms with Crippen LogP contribution < -0.4 is 4.74 Å². The molecule has 0 spiro atoms. The highest BCUT2D eigenvalue weighted by atomic mass is 79.9. The lowest BCUT2D eigenvalue weighted by molar-refractivity contribution is 0.112. The van der Waals surface area contributed by atoms with E-state index in [0.29, 0.717) is 18.7 Å². The van der Waals surface area contributed by atoms with Crippen molar-refractivity contribution in [3.8, 4) is 5.75 Å². The molecule has 0 radical (unpaired) electrons. The third-order valence-corrected chi connectivity index (χ3v) is 3.89. The summed E-state index contributed by atoms with van der Waals surface area (Å²) < 4.78 is 8.81. The Bertz CT molecular complexity index is 762. The quantitative estimate of drug-likeness (QED) is 0.647. The minimum atomic E-state index is 0.554. The van der Waals surface area contributed by atoms with E-state index in [1.165, 1.54) is 0 Å². The fourth-order valence-electron chi connectivity index (χ4n) is 2.37. The second-order valence-electron chi connectivity index (χ2n) is 4.71. The number of hydrogen-bond donors (Lipinski definition) is 0. The molecule has 2 aromatic carbocycles. The molecule has 4 heteroatoms. The van der Waals surface area contributed by atoms with E-state index in [0.717, 1.165) is 27.4 Å². The van der Waals surface area contributed by atoms with Crippen LogP contribution in [0.1, 0.15) is 10.4 Å². The van der Waals surface area contributed by atoms with Gasteiger partial charge in [-0.1, -0.05) is 28.1 Å². The number of hydrogen-bond acceptors (Lipinski definition) is 2. The third-order valence-electron chi connectivity index (χ3n) is 3.36. The zero-order chi connectivity index (χ0) is 14.7. The number of carbonyl (C=O) groups excluding carboxylic acids is 1. The van der Waals surface area contributed by atoms with Crippen LogP contribution in [0.5, 0.6) is 5.75 Å². The van der Waals surface area contributed by atoms with E-state index in [2.05, 4.69) is 20.5 Å². The van der Waals surface area contributed by atoms with Crippen LogP contribution in [-0.4, -0.2) is 17.5 Å². The van der Waals surface area contributed by atoms with Gasteiger partial charge in [0.25, 0.3) is 0 Å². The normalized spacial score (nSPS) is 10.7.